The van der Waals surface area contributed by atoms with E-state index in [1.807, 2.05) is 19.2 Å². The second-order valence-corrected chi connectivity index (χ2v) is 5.91. The predicted molar refractivity (Wildman–Crippen MR) is 87.1 cm³/mol. The van der Waals surface area contributed by atoms with Crippen molar-refractivity contribution >= 4 is 23.2 Å². The summed E-state index contributed by atoms with van der Waals surface area (Å²) in [6.07, 6.45) is 1.50. The average Bonchev–Trinajstić information content (AvgIpc) is 2.81. The standard InChI is InChI=1S/C18H18ClNO/c1-3-12-4-6-13(7-5-12)18(19)14-8-9-16-15(10-14)11-17(21)20(16)2/h4-10,18H,3,11H2,1-2H3. The highest BCUT2D eigenvalue weighted by atomic mass is 35.5. The van der Waals surface area contributed by atoms with Gasteiger partial charge in [-0.1, -0.05) is 43.3 Å². The van der Waals surface area contributed by atoms with Crippen LogP contribution in [0.1, 0.15) is 34.6 Å². The van der Waals surface area contributed by atoms with Crippen LogP contribution < -0.4 is 4.90 Å². The van der Waals surface area contributed by atoms with Crippen molar-refractivity contribution in [1.82, 2.24) is 0 Å². The summed E-state index contributed by atoms with van der Waals surface area (Å²) in [6, 6.07) is 14.5. The normalized spacial score (nSPS) is 15.2. The molecule has 2 nitrogen and oxygen atoms in total. The first-order valence-corrected chi connectivity index (χ1v) is 7.66. The molecular weight excluding hydrogens is 282 g/mol. The average molecular weight is 300 g/mol. The zero-order chi connectivity index (χ0) is 15.0. The van der Waals surface area contributed by atoms with Crippen molar-refractivity contribution in [2.75, 3.05) is 11.9 Å². The van der Waals surface area contributed by atoms with E-state index >= 15 is 0 Å². The van der Waals surface area contributed by atoms with E-state index in [0.717, 1.165) is 28.8 Å². The van der Waals surface area contributed by atoms with Gasteiger partial charge in [0, 0.05) is 12.7 Å². The van der Waals surface area contributed by atoms with Gasteiger partial charge in [0.1, 0.15) is 0 Å². The SMILES string of the molecule is CCc1ccc(C(Cl)c2ccc3c(c2)CC(=O)N3C)cc1. The summed E-state index contributed by atoms with van der Waals surface area (Å²) in [5, 5.41) is -0.179. The van der Waals surface area contributed by atoms with Crippen LogP contribution in [-0.4, -0.2) is 13.0 Å². The molecule has 0 bridgehead atoms. The molecule has 21 heavy (non-hydrogen) atoms. The lowest BCUT2D eigenvalue weighted by Gasteiger charge is -2.14. The molecule has 2 aromatic rings. The fraction of sp³-hybridized carbons (Fsp3) is 0.278. The fourth-order valence-corrected chi connectivity index (χ4v) is 3.04. The van der Waals surface area contributed by atoms with E-state index in [9.17, 15) is 4.79 Å². The summed E-state index contributed by atoms with van der Waals surface area (Å²) >= 11 is 6.60. The number of likely N-dealkylation sites (N-methyl/N-ethyl adjacent to an activating group) is 1. The number of benzene rings is 2. The van der Waals surface area contributed by atoms with Crippen LogP contribution >= 0.6 is 11.6 Å². The van der Waals surface area contributed by atoms with Crippen molar-refractivity contribution in [1.29, 1.82) is 0 Å². The van der Waals surface area contributed by atoms with Gasteiger partial charge in [-0.25, -0.2) is 0 Å². The first kappa shape index (κ1) is 14.2. The summed E-state index contributed by atoms with van der Waals surface area (Å²) < 4.78 is 0. The molecule has 0 spiro atoms. The third-order valence-corrected chi connectivity index (χ3v) is 4.66. The Morgan fingerprint density at radius 3 is 2.48 bits per heavy atom. The number of alkyl halides is 1. The Labute approximate surface area is 130 Å². The highest BCUT2D eigenvalue weighted by Gasteiger charge is 2.25. The number of carbonyl (C=O) groups is 1. The summed E-state index contributed by atoms with van der Waals surface area (Å²) in [7, 11) is 1.81. The van der Waals surface area contributed by atoms with Gasteiger partial charge in [0.05, 0.1) is 11.8 Å². The van der Waals surface area contributed by atoms with Gasteiger partial charge in [0.2, 0.25) is 5.91 Å². The van der Waals surface area contributed by atoms with Crippen molar-refractivity contribution in [3.63, 3.8) is 0 Å². The molecule has 1 aliphatic heterocycles. The minimum Gasteiger partial charge on any atom is -0.315 e. The number of fused-ring (bicyclic) bond motifs is 1. The maximum atomic E-state index is 11.7. The van der Waals surface area contributed by atoms with Crippen LogP contribution in [0.4, 0.5) is 5.69 Å². The van der Waals surface area contributed by atoms with E-state index in [2.05, 4.69) is 37.3 Å². The highest BCUT2D eigenvalue weighted by molar-refractivity contribution is 6.22. The minimum atomic E-state index is -0.179. The number of anilines is 1. The van der Waals surface area contributed by atoms with Crippen molar-refractivity contribution in [2.45, 2.75) is 25.1 Å². The van der Waals surface area contributed by atoms with Crippen LogP contribution in [0.2, 0.25) is 0 Å². The molecule has 0 aliphatic carbocycles. The molecule has 2 aromatic carbocycles. The molecule has 0 fully saturated rings. The smallest absolute Gasteiger partial charge is 0.231 e. The minimum absolute atomic E-state index is 0.139. The van der Waals surface area contributed by atoms with Gasteiger partial charge in [-0.3, -0.25) is 4.79 Å². The van der Waals surface area contributed by atoms with Crippen LogP contribution in [-0.2, 0) is 17.6 Å². The second kappa shape index (κ2) is 5.53. The molecule has 1 heterocycles. The third kappa shape index (κ3) is 2.56. The first-order valence-electron chi connectivity index (χ1n) is 7.22. The molecule has 0 saturated heterocycles. The molecule has 0 N–H and O–H groups in total. The molecule has 1 amide bonds. The lowest BCUT2D eigenvalue weighted by Crippen LogP contribution is -2.20. The van der Waals surface area contributed by atoms with Crippen molar-refractivity contribution in [3.05, 3.63) is 64.7 Å². The quantitative estimate of drug-likeness (QED) is 0.782. The molecule has 3 heteroatoms. The van der Waals surface area contributed by atoms with Crippen molar-refractivity contribution < 1.29 is 4.79 Å². The third-order valence-electron chi connectivity index (χ3n) is 4.15. The van der Waals surface area contributed by atoms with Crippen molar-refractivity contribution in [3.8, 4) is 0 Å². The van der Waals surface area contributed by atoms with Crippen molar-refractivity contribution in [2.24, 2.45) is 0 Å². The number of carbonyl (C=O) groups excluding carboxylic acids is 1. The Morgan fingerprint density at radius 1 is 1.14 bits per heavy atom. The van der Waals surface area contributed by atoms with Crippen LogP contribution in [0.5, 0.6) is 0 Å². The number of aryl methyl sites for hydroxylation is 1. The van der Waals surface area contributed by atoms with Gasteiger partial charge in [-0.05, 0) is 34.7 Å². The van der Waals surface area contributed by atoms with E-state index in [-0.39, 0.29) is 11.3 Å². The van der Waals surface area contributed by atoms with Crippen LogP contribution in [0.15, 0.2) is 42.5 Å². The van der Waals surface area contributed by atoms with Gasteiger partial charge in [-0.2, -0.15) is 0 Å². The van der Waals surface area contributed by atoms with Gasteiger partial charge >= 0.3 is 0 Å². The summed E-state index contributed by atoms with van der Waals surface area (Å²) in [4.78, 5) is 13.5. The predicted octanol–water partition coefficient (Wildman–Crippen LogP) is 4.10. The number of nitrogens with zero attached hydrogens (tertiary/aromatic N) is 1. The maximum Gasteiger partial charge on any atom is 0.231 e. The van der Waals surface area contributed by atoms with Crippen LogP contribution in [0, 0.1) is 0 Å². The van der Waals surface area contributed by atoms with Crippen LogP contribution in [0.25, 0.3) is 0 Å². The fourth-order valence-electron chi connectivity index (χ4n) is 2.76. The Balaban J connectivity index is 1.90. The lowest BCUT2D eigenvalue weighted by molar-refractivity contribution is -0.117. The molecular formula is C18H18ClNO. The highest BCUT2D eigenvalue weighted by Crippen LogP contribution is 2.34. The Morgan fingerprint density at radius 2 is 1.81 bits per heavy atom. The van der Waals surface area contributed by atoms with Crippen LogP contribution in [0.3, 0.4) is 0 Å². The number of amides is 1. The van der Waals surface area contributed by atoms with Gasteiger partial charge in [0.25, 0.3) is 0 Å². The number of hydrogen-bond donors (Lipinski definition) is 0. The van der Waals surface area contributed by atoms with E-state index in [0.29, 0.717) is 6.42 Å². The zero-order valence-corrected chi connectivity index (χ0v) is 13.0. The second-order valence-electron chi connectivity index (χ2n) is 5.48. The number of rotatable bonds is 3. The Kier molecular flexibility index (Phi) is 3.73. The largest absolute Gasteiger partial charge is 0.315 e. The molecule has 0 saturated carbocycles. The molecule has 1 atom stereocenters. The summed E-state index contributed by atoms with van der Waals surface area (Å²) in [6.45, 7) is 2.14. The van der Waals surface area contributed by atoms with E-state index in [1.165, 1.54) is 5.56 Å². The molecule has 0 aromatic heterocycles. The van der Waals surface area contributed by atoms with Gasteiger partial charge in [-0.15, -0.1) is 11.6 Å². The number of hydrogen-bond acceptors (Lipinski definition) is 1. The lowest BCUT2D eigenvalue weighted by atomic mass is 10.00. The van der Waals surface area contributed by atoms with E-state index < -0.39 is 0 Å². The summed E-state index contributed by atoms with van der Waals surface area (Å²) in [5.41, 5.74) is 5.50. The molecule has 108 valence electrons. The zero-order valence-electron chi connectivity index (χ0n) is 12.3. The molecule has 1 aliphatic rings. The van der Waals surface area contributed by atoms with Gasteiger partial charge in [0.15, 0.2) is 0 Å². The summed E-state index contributed by atoms with van der Waals surface area (Å²) in [5.74, 6) is 0.139. The Hall–Kier alpha value is -1.80. The molecule has 0 radical (unpaired) electrons. The molecule has 3 rings (SSSR count). The maximum absolute atomic E-state index is 11.7. The van der Waals surface area contributed by atoms with Gasteiger partial charge < -0.3 is 4.90 Å². The van der Waals surface area contributed by atoms with E-state index in [4.69, 9.17) is 11.6 Å². The molecule has 1 unspecified atom stereocenters. The first-order chi connectivity index (χ1) is 10.1. The van der Waals surface area contributed by atoms with E-state index in [1.54, 1.807) is 4.90 Å². The number of halogens is 1. The monoisotopic (exact) mass is 299 g/mol. The topological polar surface area (TPSA) is 20.3 Å². The Bertz CT molecular complexity index is 678.